The van der Waals surface area contributed by atoms with Gasteiger partial charge in [-0.1, -0.05) is 17.7 Å². The number of aldehydes is 1. The maximum atomic E-state index is 10.3. The third-order valence-corrected chi connectivity index (χ3v) is 1.93. The SMILES string of the molecule is CNCC(=O)O.Cc1ccc(Cl)cc1C=O. The first-order chi connectivity index (χ1) is 7.51. The molecule has 0 bridgehead atoms. The lowest BCUT2D eigenvalue weighted by atomic mass is 10.1. The quantitative estimate of drug-likeness (QED) is 0.794. The summed E-state index contributed by atoms with van der Waals surface area (Å²) in [7, 11) is 1.59. The predicted molar refractivity (Wildman–Crippen MR) is 63.1 cm³/mol. The van der Waals surface area contributed by atoms with Gasteiger partial charge < -0.3 is 10.4 Å². The Labute approximate surface area is 99.2 Å². The van der Waals surface area contributed by atoms with Crippen LogP contribution < -0.4 is 5.32 Å². The van der Waals surface area contributed by atoms with Gasteiger partial charge in [0.25, 0.3) is 0 Å². The van der Waals surface area contributed by atoms with E-state index in [1.54, 1.807) is 19.2 Å². The number of hydrogen-bond donors (Lipinski definition) is 2. The summed E-state index contributed by atoms with van der Waals surface area (Å²) in [5.41, 5.74) is 1.62. The number of nitrogens with one attached hydrogen (secondary N) is 1. The Balaban J connectivity index is 0.000000325. The standard InChI is InChI=1S/C8H7ClO.C3H7NO2/c1-6-2-3-8(9)4-7(6)5-10;1-4-2-3(5)6/h2-5H,1H3;4H,2H2,1H3,(H,5,6). The number of halogens is 1. The Morgan fingerprint density at radius 1 is 1.56 bits per heavy atom. The summed E-state index contributed by atoms with van der Waals surface area (Å²) in [5.74, 6) is -0.822. The molecular formula is C11H14ClNO3. The first-order valence-electron chi connectivity index (χ1n) is 4.59. The minimum absolute atomic E-state index is 0.0417. The Morgan fingerprint density at radius 3 is 2.50 bits per heavy atom. The Morgan fingerprint density at radius 2 is 2.19 bits per heavy atom. The van der Waals surface area contributed by atoms with Gasteiger partial charge in [0.2, 0.25) is 0 Å². The van der Waals surface area contributed by atoms with Crippen molar-refractivity contribution >= 4 is 23.9 Å². The van der Waals surface area contributed by atoms with Crippen LogP contribution in [0.2, 0.25) is 5.02 Å². The molecule has 0 spiro atoms. The lowest BCUT2D eigenvalue weighted by molar-refractivity contribution is -0.135. The van der Waals surface area contributed by atoms with Crippen molar-refractivity contribution in [2.24, 2.45) is 0 Å². The van der Waals surface area contributed by atoms with Crippen LogP contribution >= 0.6 is 11.6 Å². The molecule has 0 atom stereocenters. The van der Waals surface area contributed by atoms with Crippen LogP contribution in [-0.4, -0.2) is 31.0 Å². The summed E-state index contributed by atoms with van der Waals surface area (Å²) in [6.45, 7) is 1.92. The van der Waals surface area contributed by atoms with Crippen LogP contribution in [0, 0.1) is 6.92 Å². The minimum atomic E-state index is -0.822. The molecule has 0 aliphatic carbocycles. The zero-order valence-corrected chi connectivity index (χ0v) is 9.91. The number of hydrogen-bond acceptors (Lipinski definition) is 3. The van der Waals surface area contributed by atoms with Crippen LogP contribution in [0.5, 0.6) is 0 Å². The molecule has 4 nitrogen and oxygen atoms in total. The highest BCUT2D eigenvalue weighted by atomic mass is 35.5. The van der Waals surface area contributed by atoms with Crippen molar-refractivity contribution in [3.63, 3.8) is 0 Å². The molecule has 2 N–H and O–H groups in total. The van der Waals surface area contributed by atoms with E-state index in [1.807, 2.05) is 13.0 Å². The molecule has 16 heavy (non-hydrogen) atoms. The van der Waals surface area contributed by atoms with Crippen LogP contribution in [0.4, 0.5) is 0 Å². The van der Waals surface area contributed by atoms with Crippen molar-refractivity contribution in [1.29, 1.82) is 0 Å². The number of carboxylic acid groups (broad SMARTS) is 1. The molecule has 0 amide bonds. The molecular weight excluding hydrogens is 230 g/mol. The van der Waals surface area contributed by atoms with Gasteiger partial charge in [-0.25, -0.2) is 0 Å². The topological polar surface area (TPSA) is 66.4 Å². The monoisotopic (exact) mass is 243 g/mol. The maximum absolute atomic E-state index is 10.3. The molecule has 0 aromatic heterocycles. The fourth-order valence-corrected chi connectivity index (χ4v) is 1.07. The summed E-state index contributed by atoms with van der Waals surface area (Å²) in [6, 6.07) is 5.25. The highest BCUT2D eigenvalue weighted by Crippen LogP contribution is 2.12. The average Bonchev–Trinajstić information content (AvgIpc) is 2.22. The van der Waals surface area contributed by atoms with Gasteiger partial charge >= 0.3 is 5.97 Å². The average molecular weight is 244 g/mol. The van der Waals surface area contributed by atoms with Crippen LogP contribution in [0.3, 0.4) is 0 Å². The van der Waals surface area contributed by atoms with E-state index in [2.05, 4.69) is 5.32 Å². The summed E-state index contributed by atoms with van der Waals surface area (Å²) in [6.07, 6.45) is 0.807. The largest absolute Gasteiger partial charge is 0.480 e. The number of likely N-dealkylation sites (N-methyl/N-ethyl adjacent to an activating group) is 1. The maximum Gasteiger partial charge on any atom is 0.317 e. The number of aryl methyl sites for hydroxylation is 1. The third-order valence-electron chi connectivity index (χ3n) is 1.70. The lowest BCUT2D eigenvalue weighted by Crippen LogP contribution is -2.16. The number of rotatable bonds is 3. The summed E-state index contributed by atoms with van der Waals surface area (Å²) in [4.78, 5) is 19.9. The van der Waals surface area contributed by atoms with Crippen LogP contribution in [-0.2, 0) is 4.79 Å². The van der Waals surface area contributed by atoms with Gasteiger partial charge in [-0.3, -0.25) is 9.59 Å². The second-order valence-electron chi connectivity index (χ2n) is 3.04. The van der Waals surface area contributed by atoms with E-state index in [0.717, 1.165) is 11.8 Å². The van der Waals surface area contributed by atoms with Crippen molar-refractivity contribution in [1.82, 2.24) is 5.32 Å². The zero-order chi connectivity index (χ0) is 12.6. The van der Waals surface area contributed by atoms with E-state index in [1.165, 1.54) is 0 Å². The summed E-state index contributed by atoms with van der Waals surface area (Å²) >= 11 is 5.64. The normalized spacial score (nSPS) is 8.94. The zero-order valence-electron chi connectivity index (χ0n) is 9.16. The Bertz CT molecular complexity index is 366. The molecule has 0 aliphatic heterocycles. The van der Waals surface area contributed by atoms with Crippen LogP contribution in [0.1, 0.15) is 15.9 Å². The second kappa shape index (κ2) is 7.84. The lowest BCUT2D eigenvalue weighted by Gasteiger charge is -1.96. The molecule has 0 aliphatic rings. The highest BCUT2D eigenvalue weighted by molar-refractivity contribution is 6.30. The van der Waals surface area contributed by atoms with Crippen molar-refractivity contribution in [3.05, 3.63) is 34.3 Å². The fraction of sp³-hybridized carbons (Fsp3) is 0.273. The summed E-state index contributed by atoms with van der Waals surface area (Å²) < 4.78 is 0. The number of carbonyl (C=O) groups is 2. The van der Waals surface area contributed by atoms with Gasteiger partial charge in [0.1, 0.15) is 6.29 Å². The minimum Gasteiger partial charge on any atom is -0.480 e. The molecule has 0 radical (unpaired) electrons. The van der Waals surface area contributed by atoms with Gasteiger partial charge in [0.05, 0.1) is 6.54 Å². The molecule has 0 saturated heterocycles. The van der Waals surface area contributed by atoms with E-state index in [-0.39, 0.29) is 6.54 Å². The van der Waals surface area contributed by atoms with Crippen molar-refractivity contribution in [2.45, 2.75) is 6.92 Å². The van der Waals surface area contributed by atoms with Gasteiger partial charge in [0, 0.05) is 10.6 Å². The fourth-order valence-electron chi connectivity index (χ4n) is 0.890. The predicted octanol–water partition coefficient (Wildman–Crippen LogP) is 1.75. The number of carbonyl (C=O) groups excluding carboxylic acids is 1. The Kier molecular flexibility index (Phi) is 7.16. The van der Waals surface area contributed by atoms with E-state index in [4.69, 9.17) is 16.7 Å². The third kappa shape index (κ3) is 6.16. The number of aliphatic carboxylic acids is 1. The van der Waals surface area contributed by atoms with Crippen molar-refractivity contribution in [2.75, 3.05) is 13.6 Å². The Hall–Kier alpha value is -1.39. The molecule has 1 aromatic carbocycles. The molecule has 0 unspecified atom stereocenters. The smallest absolute Gasteiger partial charge is 0.317 e. The number of benzene rings is 1. The van der Waals surface area contributed by atoms with E-state index < -0.39 is 5.97 Å². The van der Waals surface area contributed by atoms with Gasteiger partial charge in [0.15, 0.2) is 0 Å². The molecule has 1 rings (SSSR count). The second-order valence-corrected chi connectivity index (χ2v) is 3.48. The molecule has 88 valence electrons. The van der Waals surface area contributed by atoms with Gasteiger partial charge in [-0.2, -0.15) is 0 Å². The van der Waals surface area contributed by atoms with Gasteiger partial charge in [-0.15, -0.1) is 0 Å². The number of carboxylic acids is 1. The molecule has 5 heteroatoms. The molecule has 0 heterocycles. The van der Waals surface area contributed by atoms with Crippen molar-refractivity contribution < 1.29 is 14.7 Å². The van der Waals surface area contributed by atoms with Crippen molar-refractivity contribution in [3.8, 4) is 0 Å². The molecule has 0 fully saturated rings. The van der Waals surface area contributed by atoms with E-state index in [0.29, 0.717) is 10.6 Å². The van der Waals surface area contributed by atoms with E-state index >= 15 is 0 Å². The highest BCUT2D eigenvalue weighted by Gasteiger charge is 1.95. The molecule has 0 saturated carbocycles. The van der Waals surface area contributed by atoms with Gasteiger partial charge in [-0.05, 0) is 31.7 Å². The first-order valence-corrected chi connectivity index (χ1v) is 4.96. The van der Waals surface area contributed by atoms with E-state index in [9.17, 15) is 9.59 Å². The van der Waals surface area contributed by atoms with Crippen LogP contribution in [0.15, 0.2) is 18.2 Å². The summed E-state index contributed by atoms with van der Waals surface area (Å²) in [5, 5.41) is 10.9. The van der Waals surface area contributed by atoms with Crippen LogP contribution in [0.25, 0.3) is 0 Å². The first kappa shape index (κ1) is 14.6. The molecule has 1 aromatic rings.